The third-order valence-corrected chi connectivity index (χ3v) is 2.34. The van der Waals surface area contributed by atoms with Crippen molar-refractivity contribution < 1.29 is 9.18 Å². The number of hydrogen-bond donors (Lipinski definition) is 2. The first-order valence-electron chi connectivity index (χ1n) is 4.69. The van der Waals surface area contributed by atoms with Gasteiger partial charge in [0.05, 0.1) is 16.8 Å². The van der Waals surface area contributed by atoms with Crippen molar-refractivity contribution in [2.75, 3.05) is 0 Å². The zero-order valence-electron chi connectivity index (χ0n) is 8.62. The Morgan fingerprint density at radius 3 is 2.88 bits per heavy atom. The summed E-state index contributed by atoms with van der Waals surface area (Å²) in [5.74, 6) is 4.25. The quantitative estimate of drug-likeness (QED) is 0.431. The van der Waals surface area contributed by atoms with E-state index in [-0.39, 0.29) is 5.82 Å². The van der Waals surface area contributed by atoms with Crippen LogP contribution in [0, 0.1) is 12.7 Å². The molecular formula is C11H10FN3O. The smallest absolute Gasteiger partial charge is 0.267 e. The molecule has 0 unspecified atom stereocenters. The van der Waals surface area contributed by atoms with Gasteiger partial charge in [-0.2, -0.15) is 0 Å². The summed E-state index contributed by atoms with van der Waals surface area (Å²) < 4.78 is 13.0. The van der Waals surface area contributed by atoms with Crippen LogP contribution in [-0.2, 0) is 0 Å². The van der Waals surface area contributed by atoms with Crippen LogP contribution in [0.2, 0.25) is 0 Å². The van der Waals surface area contributed by atoms with Gasteiger partial charge in [-0.3, -0.25) is 15.2 Å². The van der Waals surface area contributed by atoms with Crippen molar-refractivity contribution in [1.82, 2.24) is 10.4 Å². The fraction of sp³-hybridized carbons (Fsp3) is 0.0909. The molecule has 1 aromatic heterocycles. The molecular weight excluding hydrogens is 209 g/mol. The van der Waals surface area contributed by atoms with Crippen molar-refractivity contribution in [1.29, 1.82) is 0 Å². The topological polar surface area (TPSA) is 68.0 Å². The molecule has 4 nitrogen and oxygen atoms in total. The summed E-state index contributed by atoms with van der Waals surface area (Å²) in [6.07, 6.45) is 0. The van der Waals surface area contributed by atoms with Crippen molar-refractivity contribution >= 4 is 16.8 Å². The second-order valence-corrected chi connectivity index (χ2v) is 3.43. The van der Waals surface area contributed by atoms with E-state index in [0.29, 0.717) is 22.2 Å². The second-order valence-electron chi connectivity index (χ2n) is 3.43. The lowest BCUT2D eigenvalue weighted by molar-refractivity contribution is 0.0953. The van der Waals surface area contributed by atoms with Gasteiger partial charge in [0.15, 0.2) is 0 Å². The molecule has 0 radical (unpaired) electrons. The molecule has 3 N–H and O–H groups in total. The van der Waals surface area contributed by atoms with Crippen LogP contribution in [0.5, 0.6) is 0 Å². The van der Waals surface area contributed by atoms with Gasteiger partial charge in [0, 0.05) is 5.39 Å². The normalized spacial score (nSPS) is 10.4. The standard InChI is InChI=1S/C11H10FN3O/c1-6-9(11(16)15-13)5-7-4-8(12)2-3-10(7)14-6/h2-5H,13H2,1H3,(H,15,16). The van der Waals surface area contributed by atoms with Crippen LogP contribution >= 0.6 is 0 Å². The van der Waals surface area contributed by atoms with Crippen molar-refractivity contribution in [2.24, 2.45) is 5.84 Å². The number of halogens is 1. The largest absolute Gasteiger partial charge is 0.290 e. The van der Waals surface area contributed by atoms with E-state index in [1.54, 1.807) is 19.1 Å². The van der Waals surface area contributed by atoms with Gasteiger partial charge in [-0.25, -0.2) is 10.2 Å². The predicted molar refractivity (Wildman–Crippen MR) is 58.1 cm³/mol. The van der Waals surface area contributed by atoms with Gasteiger partial charge in [-0.05, 0) is 31.2 Å². The third-order valence-electron chi connectivity index (χ3n) is 2.34. The number of rotatable bonds is 1. The molecule has 1 heterocycles. The van der Waals surface area contributed by atoms with Gasteiger partial charge >= 0.3 is 0 Å². The number of amides is 1. The first kappa shape index (κ1) is 10.5. The Labute approximate surface area is 91.2 Å². The number of nitrogen functional groups attached to an aromatic ring is 1. The van der Waals surface area contributed by atoms with Gasteiger partial charge in [0.2, 0.25) is 0 Å². The number of nitrogens with zero attached hydrogens (tertiary/aromatic N) is 1. The molecule has 0 spiro atoms. The van der Waals surface area contributed by atoms with Gasteiger partial charge in [0.25, 0.3) is 5.91 Å². The summed E-state index contributed by atoms with van der Waals surface area (Å²) in [4.78, 5) is 15.6. The Bertz CT molecular complexity index is 568. The summed E-state index contributed by atoms with van der Waals surface area (Å²) in [6, 6.07) is 5.80. The highest BCUT2D eigenvalue weighted by Gasteiger charge is 2.10. The summed E-state index contributed by atoms with van der Waals surface area (Å²) in [5.41, 5.74) is 3.58. The van der Waals surface area contributed by atoms with E-state index in [1.807, 2.05) is 5.43 Å². The minimum absolute atomic E-state index is 0.348. The molecule has 0 bridgehead atoms. The van der Waals surface area contributed by atoms with E-state index in [4.69, 9.17) is 5.84 Å². The van der Waals surface area contributed by atoms with Crippen molar-refractivity contribution in [3.05, 3.63) is 41.3 Å². The van der Waals surface area contributed by atoms with Crippen molar-refractivity contribution in [3.63, 3.8) is 0 Å². The molecule has 0 aliphatic rings. The van der Waals surface area contributed by atoms with E-state index in [9.17, 15) is 9.18 Å². The number of carbonyl (C=O) groups excluding carboxylic acids is 1. The maximum absolute atomic E-state index is 13.0. The van der Waals surface area contributed by atoms with Crippen molar-refractivity contribution in [3.8, 4) is 0 Å². The lowest BCUT2D eigenvalue weighted by Crippen LogP contribution is -2.30. The van der Waals surface area contributed by atoms with Gasteiger partial charge in [-0.1, -0.05) is 0 Å². The van der Waals surface area contributed by atoms with E-state index in [0.717, 1.165) is 0 Å². The third kappa shape index (κ3) is 1.72. The predicted octanol–water partition coefficient (Wildman–Crippen LogP) is 1.29. The second kappa shape index (κ2) is 3.86. The maximum Gasteiger partial charge on any atom is 0.267 e. The number of pyridine rings is 1. The molecule has 16 heavy (non-hydrogen) atoms. The molecule has 5 heteroatoms. The average molecular weight is 219 g/mol. The Hall–Kier alpha value is -2.01. The Morgan fingerprint density at radius 2 is 2.19 bits per heavy atom. The summed E-state index contributed by atoms with van der Waals surface area (Å²) in [7, 11) is 0. The van der Waals surface area contributed by atoms with Gasteiger partial charge < -0.3 is 0 Å². The number of aryl methyl sites for hydroxylation is 1. The number of hydrogen-bond acceptors (Lipinski definition) is 3. The fourth-order valence-electron chi connectivity index (χ4n) is 1.55. The Balaban J connectivity index is 2.68. The number of aromatic nitrogens is 1. The number of fused-ring (bicyclic) bond motifs is 1. The molecule has 0 saturated heterocycles. The van der Waals surface area contributed by atoms with Crippen LogP contribution in [0.15, 0.2) is 24.3 Å². The maximum atomic E-state index is 13.0. The molecule has 82 valence electrons. The summed E-state index contributed by atoms with van der Waals surface area (Å²) in [6.45, 7) is 1.70. The molecule has 0 aliphatic carbocycles. The van der Waals surface area contributed by atoms with Crippen LogP contribution in [-0.4, -0.2) is 10.9 Å². The van der Waals surface area contributed by atoms with Crippen molar-refractivity contribution in [2.45, 2.75) is 6.92 Å². The van der Waals surface area contributed by atoms with E-state index in [1.165, 1.54) is 12.1 Å². The number of benzene rings is 1. The van der Waals surface area contributed by atoms with Gasteiger partial charge in [0.1, 0.15) is 5.82 Å². The molecule has 2 rings (SSSR count). The first-order chi connectivity index (χ1) is 7.61. The Kier molecular flexibility index (Phi) is 2.54. The monoisotopic (exact) mass is 219 g/mol. The fourth-order valence-corrected chi connectivity index (χ4v) is 1.55. The SMILES string of the molecule is Cc1nc2ccc(F)cc2cc1C(=O)NN. The van der Waals surface area contributed by atoms with Crippen LogP contribution < -0.4 is 11.3 Å². The van der Waals surface area contributed by atoms with Gasteiger partial charge in [-0.15, -0.1) is 0 Å². The lowest BCUT2D eigenvalue weighted by Gasteiger charge is -2.05. The van der Waals surface area contributed by atoms with Crippen LogP contribution in [0.1, 0.15) is 16.1 Å². The lowest BCUT2D eigenvalue weighted by atomic mass is 10.1. The number of carbonyl (C=O) groups is 1. The first-order valence-corrected chi connectivity index (χ1v) is 4.69. The molecule has 1 amide bonds. The minimum Gasteiger partial charge on any atom is -0.290 e. The number of hydrazine groups is 1. The van der Waals surface area contributed by atoms with E-state index >= 15 is 0 Å². The number of nitrogens with one attached hydrogen (secondary N) is 1. The number of nitrogens with two attached hydrogens (primary N) is 1. The molecule has 0 atom stereocenters. The highest BCUT2D eigenvalue weighted by Crippen LogP contribution is 2.17. The van der Waals surface area contributed by atoms with E-state index in [2.05, 4.69) is 4.98 Å². The molecule has 1 aromatic carbocycles. The summed E-state index contributed by atoms with van der Waals surface area (Å²) in [5, 5.41) is 0.573. The zero-order valence-corrected chi connectivity index (χ0v) is 8.62. The molecule has 0 saturated carbocycles. The van der Waals surface area contributed by atoms with Crippen LogP contribution in [0.25, 0.3) is 10.9 Å². The van der Waals surface area contributed by atoms with Crippen LogP contribution in [0.4, 0.5) is 4.39 Å². The molecule has 0 fully saturated rings. The molecule has 0 aliphatic heterocycles. The molecule has 2 aromatic rings. The highest BCUT2D eigenvalue weighted by atomic mass is 19.1. The highest BCUT2D eigenvalue weighted by molar-refractivity contribution is 5.98. The zero-order chi connectivity index (χ0) is 11.7. The minimum atomic E-state index is -0.434. The van der Waals surface area contributed by atoms with E-state index < -0.39 is 5.91 Å². The summed E-state index contributed by atoms with van der Waals surface area (Å²) >= 11 is 0. The van der Waals surface area contributed by atoms with Crippen LogP contribution in [0.3, 0.4) is 0 Å². The average Bonchev–Trinajstić information content (AvgIpc) is 2.28. The Morgan fingerprint density at radius 1 is 1.44 bits per heavy atom.